The van der Waals surface area contributed by atoms with Gasteiger partial charge in [-0.2, -0.15) is 0 Å². The fourth-order valence-corrected chi connectivity index (χ4v) is 2.29. The van der Waals surface area contributed by atoms with E-state index in [-0.39, 0.29) is 5.91 Å². The predicted molar refractivity (Wildman–Crippen MR) is 80.4 cm³/mol. The van der Waals surface area contributed by atoms with Gasteiger partial charge in [0.2, 0.25) is 0 Å². The lowest BCUT2D eigenvalue weighted by Crippen LogP contribution is -2.14. The molecule has 4 heteroatoms. The minimum absolute atomic E-state index is 0.141. The zero-order valence-corrected chi connectivity index (χ0v) is 12.5. The zero-order chi connectivity index (χ0) is 13.8. The number of nitrogens with one attached hydrogen (secondary N) is 1. The summed E-state index contributed by atoms with van der Waals surface area (Å²) in [5.74, 6) is -0.141. The van der Waals surface area contributed by atoms with Crippen molar-refractivity contribution < 1.29 is 4.79 Å². The fraction of sp³-hybridized carbons (Fsp3) is 0.200. The van der Waals surface area contributed by atoms with Crippen molar-refractivity contribution in [3.05, 3.63) is 57.8 Å². The summed E-state index contributed by atoms with van der Waals surface area (Å²) in [4.78, 5) is 16.2. The molecule has 1 N–H and O–H groups in total. The molecule has 0 radical (unpaired) electrons. The Bertz CT molecular complexity index is 611. The Morgan fingerprint density at radius 3 is 2.84 bits per heavy atom. The smallest absolute Gasteiger partial charge is 0.257 e. The fourth-order valence-electron chi connectivity index (χ4n) is 1.92. The first-order chi connectivity index (χ1) is 9.11. The summed E-state index contributed by atoms with van der Waals surface area (Å²) in [5, 5.41) is 2.97. The lowest BCUT2D eigenvalue weighted by molar-refractivity contribution is 0.102. The van der Waals surface area contributed by atoms with Crippen LogP contribution in [0.2, 0.25) is 0 Å². The van der Waals surface area contributed by atoms with E-state index < -0.39 is 0 Å². The van der Waals surface area contributed by atoms with Crippen LogP contribution in [0.4, 0.5) is 5.69 Å². The molecule has 0 saturated heterocycles. The number of halogens is 1. The minimum Gasteiger partial charge on any atom is -0.321 e. The van der Waals surface area contributed by atoms with E-state index in [1.165, 1.54) is 0 Å². The Morgan fingerprint density at radius 1 is 1.37 bits per heavy atom. The second-order valence-electron chi connectivity index (χ2n) is 4.31. The molecule has 1 amide bonds. The maximum absolute atomic E-state index is 12.2. The minimum atomic E-state index is -0.141. The molecule has 0 saturated carbocycles. The second kappa shape index (κ2) is 5.97. The van der Waals surface area contributed by atoms with Crippen molar-refractivity contribution in [3.63, 3.8) is 0 Å². The van der Waals surface area contributed by atoms with Gasteiger partial charge in [-0.1, -0.05) is 25.1 Å². The van der Waals surface area contributed by atoms with E-state index in [0.717, 1.165) is 27.7 Å². The van der Waals surface area contributed by atoms with Gasteiger partial charge in [-0.05, 0) is 46.5 Å². The number of aryl methyl sites for hydroxylation is 2. The first-order valence-corrected chi connectivity index (χ1v) is 6.91. The first-order valence-electron chi connectivity index (χ1n) is 6.12. The number of aromatic nitrogens is 1. The monoisotopic (exact) mass is 318 g/mol. The van der Waals surface area contributed by atoms with Crippen LogP contribution < -0.4 is 5.32 Å². The third-order valence-electron chi connectivity index (χ3n) is 2.95. The molecule has 0 aliphatic carbocycles. The van der Waals surface area contributed by atoms with Gasteiger partial charge in [0.1, 0.15) is 0 Å². The van der Waals surface area contributed by atoms with Gasteiger partial charge in [0, 0.05) is 22.6 Å². The number of para-hydroxylation sites is 1. The average Bonchev–Trinajstić information content (AvgIpc) is 2.41. The van der Waals surface area contributed by atoms with Crippen LogP contribution in [-0.2, 0) is 6.42 Å². The largest absolute Gasteiger partial charge is 0.321 e. The van der Waals surface area contributed by atoms with Crippen LogP contribution in [-0.4, -0.2) is 10.9 Å². The van der Waals surface area contributed by atoms with E-state index in [4.69, 9.17) is 0 Å². The molecule has 2 aromatic rings. The summed E-state index contributed by atoms with van der Waals surface area (Å²) in [7, 11) is 0. The van der Waals surface area contributed by atoms with Crippen molar-refractivity contribution in [3.8, 4) is 0 Å². The Labute approximate surface area is 121 Å². The molecule has 0 bridgehead atoms. The van der Waals surface area contributed by atoms with Gasteiger partial charge in [-0.25, -0.2) is 0 Å². The molecule has 98 valence electrons. The molecule has 1 aromatic heterocycles. The number of pyridine rings is 1. The molecule has 0 aliphatic heterocycles. The Kier molecular flexibility index (Phi) is 4.32. The molecular weight excluding hydrogens is 304 g/mol. The highest BCUT2D eigenvalue weighted by molar-refractivity contribution is 9.10. The summed E-state index contributed by atoms with van der Waals surface area (Å²) in [6, 6.07) is 7.78. The molecule has 2 rings (SSSR count). The Hall–Kier alpha value is -1.68. The van der Waals surface area contributed by atoms with Gasteiger partial charge in [-0.3, -0.25) is 9.78 Å². The molecule has 3 nitrogen and oxygen atoms in total. The van der Waals surface area contributed by atoms with E-state index in [0.29, 0.717) is 5.56 Å². The molecule has 0 unspecified atom stereocenters. The maximum atomic E-state index is 12.2. The SMILES string of the molecule is CCc1cccc(C)c1NC(=O)c1cncc(Br)c1. The topological polar surface area (TPSA) is 42.0 Å². The molecule has 0 aliphatic rings. The number of rotatable bonds is 3. The summed E-state index contributed by atoms with van der Waals surface area (Å²) < 4.78 is 0.792. The van der Waals surface area contributed by atoms with Gasteiger partial charge in [0.05, 0.1) is 5.56 Å². The van der Waals surface area contributed by atoms with Gasteiger partial charge < -0.3 is 5.32 Å². The van der Waals surface area contributed by atoms with Crippen LogP contribution in [0.1, 0.15) is 28.4 Å². The van der Waals surface area contributed by atoms with Crippen molar-refractivity contribution >= 4 is 27.5 Å². The van der Waals surface area contributed by atoms with Crippen molar-refractivity contribution in [2.75, 3.05) is 5.32 Å². The van der Waals surface area contributed by atoms with E-state index in [9.17, 15) is 4.79 Å². The molecule has 1 aromatic carbocycles. The van der Waals surface area contributed by atoms with Crippen LogP contribution in [0.5, 0.6) is 0 Å². The number of carbonyl (C=O) groups is 1. The molecule has 0 spiro atoms. The van der Waals surface area contributed by atoms with Gasteiger partial charge in [-0.15, -0.1) is 0 Å². The van der Waals surface area contributed by atoms with Crippen molar-refractivity contribution in [1.82, 2.24) is 4.98 Å². The van der Waals surface area contributed by atoms with Crippen LogP contribution in [0.25, 0.3) is 0 Å². The van der Waals surface area contributed by atoms with Crippen LogP contribution in [0.3, 0.4) is 0 Å². The van der Waals surface area contributed by atoms with E-state index in [2.05, 4.69) is 33.2 Å². The molecule has 1 heterocycles. The summed E-state index contributed by atoms with van der Waals surface area (Å²) in [6.45, 7) is 4.07. The highest BCUT2D eigenvalue weighted by atomic mass is 79.9. The van der Waals surface area contributed by atoms with E-state index in [1.807, 2.05) is 25.1 Å². The lowest BCUT2D eigenvalue weighted by Gasteiger charge is -2.12. The number of nitrogens with zero attached hydrogens (tertiary/aromatic N) is 1. The van der Waals surface area contributed by atoms with Crippen molar-refractivity contribution in [1.29, 1.82) is 0 Å². The number of carbonyl (C=O) groups excluding carboxylic acids is 1. The molecular formula is C15H15BrN2O. The van der Waals surface area contributed by atoms with Gasteiger partial charge in [0.15, 0.2) is 0 Å². The van der Waals surface area contributed by atoms with Gasteiger partial charge in [0.25, 0.3) is 5.91 Å². The number of amides is 1. The number of anilines is 1. The average molecular weight is 319 g/mol. The maximum Gasteiger partial charge on any atom is 0.257 e. The van der Waals surface area contributed by atoms with E-state index in [1.54, 1.807) is 18.5 Å². The first kappa shape index (κ1) is 13.7. The van der Waals surface area contributed by atoms with Gasteiger partial charge >= 0.3 is 0 Å². The van der Waals surface area contributed by atoms with Crippen LogP contribution >= 0.6 is 15.9 Å². The summed E-state index contributed by atoms with van der Waals surface area (Å²) >= 11 is 3.32. The summed E-state index contributed by atoms with van der Waals surface area (Å²) in [5.41, 5.74) is 3.64. The highest BCUT2D eigenvalue weighted by Gasteiger charge is 2.11. The highest BCUT2D eigenvalue weighted by Crippen LogP contribution is 2.22. The third kappa shape index (κ3) is 3.20. The summed E-state index contributed by atoms with van der Waals surface area (Å²) in [6.07, 6.45) is 4.10. The number of hydrogen-bond donors (Lipinski definition) is 1. The standard InChI is InChI=1S/C15H15BrN2O/c1-3-11-6-4-5-10(2)14(11)18-15(19)12-7-13(16)9-17-8-12/h4-9H,3H2,1-2H3,(H,18,19). The normalized spacial score (nSPS) is 10.3. The lowest BCUT2D eigenvalue weighted by atomic mass is 10.1. The van der Waals surface area contributed by atoms with Crippen LogP contribution in [0.15, 0.2) is 41.1 Å². The Balaban J connectivity index is 2.29. The van der Waals surface area contributed by atoms with Crippen LogP contribution in [0, 0.1) is 6.92 Å². The predicted octanol–water partition coefficient (Wildman–Crippen LogP) is 3.97. The zero-order valence-electron chi connectivity index (χ0n) is 10.9. The van der Waals surface area contributed by atoms with Crippen molar-refractivity contribution in [2.45, 2.75) is 20.3 Å². The third-order valence-corrected chi connectivity index (χ3v) is 3.38. The Morgan fingerprint density at radius 2 is 2.16 bits per heavy atom. The number of hydrogen-bond acceptors (Lipinski definition) is 2. The van der Waals surface area contributed by atoms with E-state index >= 15 is 0 Å². The molecule has 19 heavy (non-hydrogen) atoms. The molecule has 0 fully saturated rings. The molecule has 0 atom stereocenters. The van der Waals surface area contributed by atoms with Crippen molar-refractivity contribution in [2.24, 2.45) is 0 Å². The number of benzene rings is 1. The second-order valence-corrected chi connectivity index (χ2v) is 5.22. The quantitative estimate of drug-likeness (QED) is 0.930.